The van der Waals surface area contributed by atoms with Crippen molar-refractivity contribution in [2.75, 3.05) is 0 Å². The van der Waals surface area contributed by atoms with Crippen LogP contribution in [-0.4, -0.2) is 14.7 Å². The van der Waals surface area contributed by atoms with Crippen LogP contribution in [0.4, 0.5) is 0 Å². The molecule has 0 fully saturated rings. The predicted octanol–water partition coefficient (Wildman–Crippen LogP) is 4.66. The number of aromatic nitrogens is 2. The Kier molecular flexibility index (Phi) is 3.98. The average Bonchev–Trinajstić information content (AvgIpc) is 2.58. The minimum Gasteiger partial charge on any atom is -0.510 e. The minimum atomic E-state index is 0.0635. The van der Waals surface area contributed by atoms with Gasteiger partial charge in [0.25, 0.3) is 0 Å². The maximum Gasteiger partial charge on any atom is 0.113 e. The molecule has 1 aromatic rings. The largest absolute Gasteiger partial charge is 0.510 e. The summed E-state index contributed by atoms with van der Waals surface area (Å²) in [4.78, 5) is 4.41. The van der Waals surface area contributed by atoms with Crippen molar-refractivity contribution in [1.29, 1.82) is 0 Å². The van der Waals surface area contributed by atoms with Crippen LogP contribution in [0.15, 0.2) is 36.4 Å². The van der Waals surface area contributed by atoms with Gasteiger partial charge in [-0.25, -0.2) is 4.98 Å². The molecule has 0 amide bonds. The summed E-state index contributed by atoms with van der Waals surface area (Å²) in [6.07, 6.45) is 15.0. The van der Waals surface area contributed by atoms with Crippen molar-refractivity contribution in [1.82, 2.24) is 9.55 Å². The normalized spacial score (nSPS) is 16.2. The predicted molar refractivity (Wildman–Crippen MR) is 85.0 cm³/mol. The van der Waals surface area contributed by atoms with Gasteiger partial charge in [-0.15, -0.1) is 0 Å². The number of rotatable bonds is 2. The Morgan fingerprint density at radius 3 is 2.65 bits per heavy atom. The van der Waals surface area contributed by atoms with Gasteiger partial charge in [0.1, 0.15) is 12.1 Å². The molecule has 3 nitrogen and oxygen atoms in total. The summed E-state index contributed by atoms with van der Waals surface area (Å²) in [5.41, 5.74) is 2.75. The molecule has 0 aromatic carbocycles. The third-order valence-electron chi connectivity index (χ3n) is 3.03. The fourth-order valence-corrected chi connectivity index (χ4v) is 2.00. The Hall–Kier alpha value is -2.03. The van der Waals surface area contributed by atoms with Crippen molar-refractivity contribution in [2.45, 2.75) is 34.1 Å². The molecule has 1 aromatic heterocycles. The third-order valence-corrected chi connectivity index (χ3v) is 3.03. The summed E-state index contributed by atoms with van der Waals surface area (Å²) in [6.45, 7) is 8.09. The van der Waals surface area contributed by atoms with E-state index >= 15 is 0 Å². The lowest BCUT2D eigenvalue weighted by molar-refractivity contribution is 0.414. The Bertz CT molecular complexity index is 603. The van der Waals surface area contributed by atoms with Crippen molar-refractivity contribution in [3.8, 4) is 0 Å². The first kappa shape index (κ1) is 14.4. The highest BCUT2D eigenvalue weighted by molar-refractivity contribution is 5.69. The number of hydrogen-bond donors (Lipinski definition) is 1. The first-order chi connectivity index (χ1) is 9.38. The van der Waals surface area contributed by atoms with E-state index in [-0.39, 0.29) is 11.2 Å². The number of fused-ring (bicyclic) bond motifs is 1. The third kappa shape index (κ3) is 3.29. The lowest BCUT2D eigenvalue weighted by Crippen LogP contribution is -2.03. The number of aliphatic hydroxyl groups excluding tert-OH is 1. The SMILES string of the molecule is C/C(O)=C(\C=C\C(C)(C)C)n1cnc2c1C=CCC=C2. The summed E-state index contributed by atoms with van der Waals surface area (Å²) >= 11 is 0. The van der Waals surface area contributed by atoms with Crippen molar-refractivity contribution in [3.63, 3.8) is 0 Å². The van der Waals surface area contributed by atoms with Gasteiger partial charge in [-0.2, -0.15) is 0 Å². The van der Waals surface area contributed by atoms with Gasteiger partial charge in [0, 0.05) is 0 Å². The van der Waals surface area contributed by atoms with Crippen LogP contribution in [-0.2, 0) is 0 Å². The van der Waals surface area contributed by atoms with Crippen molar-refractivity contribution < 1.29 is 5.11 Å². The molecule has 0 spiro atoms. The van der Waals surface area contributed by atoms with E-state index in [1.807, 2.05) is 16.7 Å². The molecule has 106 valence electrons. The van der Waals surface area contributed by atoms with E-state index < -0.39 is 0 Å². The van der Waals surface area contributed by atoms with Gasteiger partial charge >= 0.3 is 0 Å². The topological polar surface area (TPSA) is 38.0 Å². The van der Waals surface area contributed by atoms with E-state index in [1.165, 1.54) is 0 Å². The molecule has 0 atom stereocenters. The Morgan fingerprint density at radius 2 is 2.00 bits per heavy atom. The molecule has 1 aliphatic rings. The number of nitrogens with zero attached hydrogens (tertiary/aromatic N) is 2. The lowest BCUT2D eigenvalue weighted by Gasteiger charge is -2.14. The van der Waals surface area contributed by atoms with Crippen LogP contribution in [0.2, 0.25) is 0 Å². The Balaban J connectivity index is 2.48. The van der Waals surface area contributed by atoms with E-state index in [2.05, 4.69) is 50.1 Å². The standard InChI is InChI=1S/C17H22N2O/c1-13(20)15(10-11-17(2,3)4)19-12-18-14-8-6-5-7-9-16(14)19/h6-12,20H,5H2,1-4H3/b11-10+,15-13-. The van der Waals surface area contributed by atoms with E-state index in [0.717, 1.165) is 23.5 Å². The highest BCUT2D eigenvalue weighted by Crippen LogP contribution is 2.24. The molecule has 0 radical (unpaired) electrons. The second-order valence-corrected chi connectivity index (χ2v) is 6.10. The van der Waals surface area contributed by atoms with E-state index in [4.69, 9.17) is 0 Å². The van der Waals surface area contributed by atoms with Gasteiger partial charge in [0.2, 0.25) is 0 Å². The summed E-state index contributed by atoms with van der Waals surface area (Å²) in [5.74, 6) is 0.285. The van der Waals surface area contributed by atoms with Crippen LogP contribution in [0.3, 0.4) is 0 Å². The molecule has 1 N–H and O–H groups in total. The zero-order chi connectivity index (χ0) is 14.8. The zero-order valence-electron chi connectivity index (χ0n) is 12.6. The van der Waals surface area contributed by atoms with Crippen LogP contribution in [0, 0.1) is 5.41 Å². The van der Waals surface area contributed by atoms with Gasteiger partial charge in [-0.05, 0) is 37.0 Å². The van der Waals surface area contributed by atoms with Crippen molar-refractivity contribution >= 4 is 17.8 Å². The second-order valence-electron chi connectivity index (χ2n) is 6.10. The number of aliphatic hydroxyl groups is 1. The molecule has 0 saturated heterocycles. The molecule has 2 rings (SSSR count). The van der Waals surface area contributed by atoms with Crippen LogP contribution in [0.25, 0.3) is 17.8 Å². The Labute approximate surface area is 120 Å². The lowest BCUT2D eigenvalue weighted by atomic mass is 9.96. The van der Waals surface area contributed by atoms with Crippen LogP contribution in [0.5, 0.6) is 0 Å². The number of allylic oxidation sites excluding steroid dienone is 6. The summed E-state index contributed by atoms with van der Waals surface area (Å²) in [5, 5.41) is 9.99. The molecular weight excluding hydrogens is 248 g/mol. The maximum atomic E-state index is 9.99. The molecular formula is C17H22N2O. The monoisotopic (exact) mass is 270 g/mol. The summed E-state index contributed by atoms with van der Waals surface area (Å²) in [7, 11) is 0. The second kappa shape index (κ2) is 5.53. The number of imidazole rings is 1. The summed E-state index contributed by atoms with van der Waals surface area (Å²) in [6, 6.07) is 0. The van der Waals surface area contributed by atoms with Gasteiger partial charge in [0.15, 0.2) is 0 Å². The number of hydrogen-bond acceptors (Lipinski definition) is 2. The molecule has 0 saturated carbocycles. The van der Waals surface area contributed by atoms with Gasteiger partial charge in [0.05, 0.1) is 17.1 Å². The fraction of sp³-hybridized carbons (Fsp3) is 0.353. The quantitative estimate of drug-likeness (QED) is 0.627. The molecule has 3 heteroatoms. The molecule has 1 aliphatic carbocycles. The first-order valence-corrected chi connectivity index (χ1v) is 6.88. The highest BCUT2D eigenvalue weighted by Gasteiger charge is 2.13. The van der Waals surface area contributed by atoms with Gasteiger partial charge in [-0.1, -0.05) is 39.0 Å². The van der Waals surface area contributed by atoms with Crippen molar-refractivity contribution in [2.24, 2.45) is 5.41 Å². The average molecular weight is 270 g/mol. The zero-order valence-corrected chi connectivity index (χ0v) is 12.6. The van der Waals surface area contributed by atoms with Crippen LogP contribution < -0.4 is 0 Å². The molecule has 0 unspecified atom stereocenters. The summed E-state index contributed by atoms with van der Waals surface area (Å²) < 4.78 is 1.93. The van der Waals surface area contributed by atoms with E-state index in [1.54, 1.807) is 13.3 Å². The molecule has 0 bridgehead atoms. The minimum absolute atomic E-state index is 0.0635. The highest BCUT2D eigenvalue weighted by atomic mass is 16.3. The van der Waals surface area contributed by atoms with Crippen LogP contribution in [0.1, 0.15) is 45.5 Å². The van der Waals surface area contributed by atoms with E-state index in [0.29, 0.717) is 0 Å². The van der Waals surface area contributed by atoms with Crippen LogP contribution >= 0.6 is 0 Å². The van der Waals surface area contributed by atoms with Gasteiger partial charge < -0.3 is 5.11 Å². The maximum absolute atomic E-state index is 9.99. The van der Waals surface area contributed by atoms with E-state index in [9.17, 15) is 5.11 Å². The van der Waals surface area contributed by atoms with Gasteiger partial charge in [-0.3, -0.25) is 4.57 Å². The fourth-order valence-electron chi connectivity index (χ4n) is 2.00. The Morgan fingerprint density at radius 1 is 1.30 bits per heavy atom. The molecule has 0 aliphatic heterocycles. The smallest absolute Gasteiger partial charge is 0.113 e. The molecule has 1 heterocycles. The molecule has 20 heavy (non-hydrogen) atoms. The first-order valence-electron chi connectivity index (χ1n) is 6.88. The van der Waals surface area contributed by atoms with Crippen molar-refractivity contribution in [3.05, 3.63) is 47.8 Å².